The summed E-state index contributed by atoms with van der Waals surface area (Å²) in [5.74, 6) is 0.280. The Morgan fingerprint density at radius 2 is 1.95 bits per heavy atom. The van der Waals surface area contributed by atoms with Crippen LogP contribution in [0.25, 0.3) is 5.65 Å². The molecule has 1 aliphatic carbocycles. The molecule has 1 aliphatic rings. The summed E-state index contributed by atoms with van der Waals surface area (Å²) in [6.07, 6.45) is 3.55. The van der Waals surface area contributed by atoms with Crippen molar-refractivity contribution in [1.82, 2.24) is 9.38 Å². The molecule has 1 saturated carbocycles. The van der Waals surface area contributed by atoms with E-state index in [0.717, 1.165) is 37.9 Å². The minimum atomic E-state index is -4.45. The summed E-state index contributed by atoms with van der Waals surface area (Å²) >= 11 is 5.95. The zero-order valence-electron chi connectivity index (χ0n) is 11.9. The fourth-order valence-corrected chi connectivity index (χ4v) is 3.46. The molecule has 1 unspecified atom stereocenters. The number of imidazole rings is 1. The number of rotatable bonds is 2. The Hall–Kier alpha value is -1.27. The molecule has 0 spiro atoms. The Labute approximate surface area is 131 Å². The summed E-state index contributed by atoms with van der Waals surface area (Å²) in [7, 11) is 0. The molecule has 7 heteroatoms. The molecule has 2 aromatic rings. The molecule has 2 aromatic heterocycles. The number of hydrogen-bond donors (Lipinski definition) is 1. The van der Waals surface area contributed by atoms with Gasteiger partial charge in [0.1, 0.15) is 0 Å². The van der Waals surface area contributed by atoms with Gasteiger partial charge in [-0.1, -0.05) is 30.9 Å². The van der Waals surface area contributed by atoms with E-state index < -0.39 is 11.7 Å². The van der Waals surface area contributed by atoms with Crippen molar-refractivity contribution in [1.29, 1.82) is 0 Å². The van der Waals surface area contributed by atoms with Gasteiger partial charge in [0.05, 0.1) is 22.5 Å². The Kier molecular flexibility index (Phi) is 4.07. The van der Waals surface area contributed by atoms with Crippen LogP contribution in [0.2, 0.25) is 5.02 Å². The maximum Gasteiger partial charge on any atom is 0.417 e. The maximum atomic E-state index is 13.0. The van der Waals surface area contributed by atoms with E-state index in [2.05, 4.69) is 4.98 Å². The van der Waals surface area contributed by atoms with Crippen LogP contribution in [-0.2, 0) is 6.18 Å². The molecule has 0 bridgehead atoms. The lowest BCUT2D eigenvalue weighted by molar-refractivity contribution is -0.137. The third-order valence-corrected chi connectivity index (χ3v) is 4.69. The molecule has 0 amide bonds. The van der Waals surface area contributed by atoms with Crippen LogP contribution in [-0.4, -0.2) is 9.38 Å². The van der Waals surface area contributed by atoms with Gasteiger partial charge in [0.2, 0.25) is 0 Å². The number of nitrogens with zero attached hydrogens (tertiary/aromatic N) is 2. The van der Waals surface area contributed by atoms with Crippen LogP contribution in [0.5, 0.6) is 0 Å². The Morgan fingerprint density at radius 1 is 1.27 bits per heavy atom. The van der Waals surface area contributed by atoms with Gasteiger partial charge in [-0.25, -0.2) is 4.98 Å². The first kappa shape index (κ1) is 15.6. The first-order valence-electron chi connectivity index (χ1n) is 7.37. The van der Waals surface area contributed by atoms with Crippen molar-refractivity contribution < 1.29 is 13.2 Å². The number of alkyl halides is 3. The maximum absolute atomic E-state index is 13.0. The summed E-state index contributed by atoms with van der Waals surface area (Å²) in [5.41, 5.74) is 6.42. The minimum Gasteiger partial charge on any atom is -0.322 e. The molecule has 0 saturated heterocycles. The van der Waals surface area contributed by atoms with Gasteiger partial charge < -0.3 is 10.1 Å². The molecule has 2 heterocycles. The number of fused-ring (bicyclic) bond motifs is 1. The van der Waals surface area contributed by atoms with E-state index in [0.29, 0.717) is 11.3 Å². The topological polar surface area (TPSA) is 43.3 Å². The molecule has 0 aromatic carbocycles. The summed E-state index contributed by atoms with van der Waals surface area (Å²) in [6, 6.07) is 0.578. The fraction of sp³-hybridized carbons (Fsp3) is 0.533. The third kappa shape index (κ3) is 2.82. The van der Waals surface area contributed by atoms with E-state index >= 15 is 0 Å². The molecule has 1 atom stereocenters. The largest absolute Gasteiger partial charge is 0.417 e. The molecule has 22 heavy (non-hydrogen) atoms. The first-order valence-corrected chi connectivity index (χ1v) is 7.75. The highest BCUT2D eigenvalue weighted by Gasteiger charge is 2.33. The standard InChI is InChI=1S/C15H17ClF3N3/c16-11-6-10(15(17,18)19)8-22-12(7-21-14(11)22)13(20)9-4-2-1-3-5-9/h6-9,13H,1-5,20H2. The zero-order valence-corrected chi connectivity index (χ0v) is 12.7. The molecule has 2 N–H and O–H groups in total. The van der Waals surface area contributed by atoms with Gasteiger partial charge in [-0.15, -0.1) is 0 Å². The van der Waals surface area contributed by atoms with Crippen molar-refractivity contribution in [2.45, 2.75) is 44.3 Å². The Bertz CT molecular complexity index is 674. The molecule has 3 rings (SSSR count). The van der Waals surface area contributed by atoms with E-state index in [1.165, 1.54) is 10.8 Å². The highest BCUT2D eigenvalue weighted by Crippen LogP contribution is 2.36. The average molecular weight is 332 g/mol. The predicted molar refractivity (Wildman–Crippen MR) is 78.7 cm³/mol. The highest BCUT2D eigenvalue weighted by molar-refractivity contribution is 6.33. The van der Waals surface area contributed by atoms with Crippen molar-refractivity contribution in [2.75, 3.05) is 0 Å². The van der Waals surface area contributed by atoms with Gasteiger partial charge in [-0.3, -0.25) is 0 Å². The molecular formula is C15H17ClF3N3. The number of aromatic nitrogens is 2. The molecule has 0 radical (unpaired) electrons. The highest BCUT2D eigenvalue weighted by atomic mass is 35.5. The van der Waals surface area contributed by atoms with Crippen LogP contribution in [0, 0.1) is 5.92 Å². The SMILES string of the molecule is NC(c1cnc2c(Cl)cc(C(F)(F)F)cn12)C1CCCCC1. The summed E-state index contributed by atoms with van der Waals surface area (Å²) in [4.78, 5) is 4.14. The second-order valence-electron chi connectivity index (χ2n) is 5.88. The van der Waals surface area contributed by atoms with Gasteiger partial charge in [-0.05, 0) is 24.8 Å². The second kappa shape index (κ2) is 5.74. The average Bonchev–Trinajstić information content (AvgIpc) is 2.91. The number of pyridine rings is 1. The fourth-order valence-electron chi connectivity index (χ4n) is 3.20. The Morgan fingerprint density at radius 3 is 2.59 bits per heavy atom. The minimum absolute atomic E-state index is 0.0167. The molecule has 0 aliphatic heterocycles. The van der Waals surface area contributed by atoms with Crippen molar-refractivity contribution in [3.8, 4) is 0 Å². The lowest BCUT2D eigenvalue weighted by Gasteiger charge is -2.27. The number of hydrogen-bond acceptors (Lipinski definition) is 2. The van der Waals surface area contributed by atoms with Crippen molar-refractivity contribution >= 4 is 17.2 Å². The van der Waals surface area contributed by atoms with Gasteiger partial charge in [-0.2, -0.15) is 13.2 Å². The van der Waals surface area contributed by atoms with Crippen molar-refractivity contribution in [3.05, 3.63) is 34.7 Å². The van der Waals surface area contributed by atoms with Crippen molar-refractivity contribution in [3.63, 3.8) is 0 Å². The number of halogens is 4. The smallest absolute Gasteiger partial charge is 0.322 e. The van der Waals surface area contributed by atoms with E-state index in [4.69, 9.17) is 17.3 Å². The van der Waals surface area contributed by atoms with Crippen LogP contribution < -0.4 is 5.73 Å². The van der Waals surface area contributed by atoms with Gasteiger partial charge in [0.25, 0.3) is 0 Å². The number of nitrogens with two attached hydrogens (primary N) is 1. The van der Waals surface area contributed by atoms with Crippen LogP contribution in [0.1, 0.15) is 49.4 Å². The van der Waals surface area contributed by atoms with E-state index in [9.17, 15) is 13.2 Å². The molecule has 1 fully saturated rings. The van der Waals surface area contributed by atoms with E-state index in [1.54, 1.807) is 6.20 Å². The molecular weight excluding hydrogens is 315 g/mol. The van der Waals surface area contributed by atoms with E-state index in [-0.39, 0.29) is 17.0 Å². The molecule has 120 valence electrons. The third-order valence-electron chi connectivity index (χ3n) is 4.42. The lowest BCUT2D eigenvalue weighted by Crippen LogP contribution is -2.25. The second-order valence-corrected chi connectivity index (χ2v) is 6.28. The Balaban J connectivity index is 2.04. The molecule has 3 nitrogen and oxygen atoms in total. The van der Waals surface area contributed by atoms with Gasteiger partial charge in [0, 0.05) is 12.2 Å². The zero-order chi connectivity index (χ0) is 15.9. The normalized spacial score (nSPS) is 18.8. The van der Waals surface area contributed by atoms with Crippen LogP contribution in [0.4, 0.5) is 13.2 Å². The van der Waals surface area contributed by atoms with Crippen LogP contribution in [0.15, 0.2) is 18.5 Å². The van der Waals surface area contributed by atoms with Crippen LogP contribution in [0.3, 0.4) is 0 Å². The van der Waals surface area contributed by atoms with Gasteiger partial charge >= 0.3 is 6.18 Å². The monoisotopic (exact) mass is 331 g/mol. The summed E-state index contributed by atoms with van der Waals surface area (Å²) < 4.78 is 40.3. The first-order chi connectivity index (χ1) is 10.4. The quantitative estimate of drug-likeness (QED) is 0.874. The van der Waals surface area contributed by atoms with Crippen LogP contribution >= 0.6 is 11.6 Å². The lowest BCUT2D eigenvalue weighted by atomic mass is 9.83. The van der Waals surface area contributed by atoms with Crippen molar-refractivity contribution in [2.24, 2.45) is 11.7 Å². The van der Waals surface area contributed by atoms with E-state index in [1.807, 2.05) is 0 Å². The predicted octanol–water partition coefficient (Wildman–Crippen LogP) is 4.59. The summed E-state index contributed by atoms with van der Waals surface area (Å²) in [5, 5.41) is -0.0167. The van der Waals surface area contributed by atoms with Gasteiger partial charge in [0.15, 0.2) is 5.65 Å². The summed E-state index contributed by atoms with van der Waals surface area (Å²) in [6.45, 7) is 0.